The summed E-state index contributed by atoms with van der Waals surface area (Å²) in [5, 5.41) is 0. The molecular formula is C21H36N2. The van der Waals surface area contributed by atoms with Gasteiger partial charge in [-0.05, 0) is 25.1 Å². The highest BCUT2D eigenvalue weighted by atomic mass is 14.6. The van der Waals surface area contributed by atoms with Crippen LogP contribution in [-0.4, -0.2) is 11.5 Å². The van der Waals surface area contributed by atoms with Crippen molar-refractivity contribution in [2.75, 3.05) is 6.54 Å². The molecule has 0 saturated heterocycles. The zero-order valence-corrected chi connectivity index (χ0v) is 14.9. The van der Waals surface area contributed by atoms with Crippen LogP contribution in [0.1, 0.15) is 64.7 Å². The standard InChI is InChI=1S/C11H25N.C6H6.C4H5N/c1-2-3-4-5-6-7-8-9-10-11-12;1-2-4-6-5-3-1;1-2-4-5-3-1/h2-12H2,1H3;1-6H;1-5H. The lowest BCUT2D eigenvalue weighted by atomic mass is 10.1. The first-order valence-corrected chi connectivity index (χ1v) is 9.19. The van der Waals surface area contributed by atoms with E-state index in [4.69, 9.17) is 5.73 Å². The number of benzene rings is 1. The van der Waals surface area contributed by atoms with Gasteiger partial charge in [-0.15, -0.1) is 0 Å². The Kier molecular flexibility index (Phi) is 19.1. The van der Waals surface area contributed by atoms with Gasteiger partial charge in [-0.1, -0.05) is 94.7 Å². The first kappa shape index (κ1) is 21.5. The molecule has 130 valence electrons. The maximum absolute atomic E-state index is 5.41. The second-order valence-electron chi connectivity index (χ2n) is 5.66. The lowest BCUT2D eigenvalue weighted by molar-refractivity contribution is 0.567. The summed E-state index contributed by atoms with van der Waals surface area (Å²) in [6.07, 6.45) is 16.2. The van der Waals surface area contributed by atoms with Crippen LogP contribution in [0, 0.1) is 0 Å². The molecule has 1 aromatic carbocycles. The van der Waals surface area contributed by atoms with Crippen LogP contribution < -0.4 is 5.73 Å². The van der Waals surface area contributed by atoms with Crippen molar-refractivity contribution >= 4 is 0 Å². The highest BCUT2D eigenvalue weighted by Crippen LogP contribution is 2.08. The summed E-state index contributed by atoms with van der Waals surface area (Å²) in [4.78, 5) is 2.86. The van der Waals surface area contributed by atoms with Crippen LogP contribution in [0.5, 0.6) is 0 Å². The van der Waals surface area contributed by atoms with Gasteiger partial charge in [0.15, 0.2) is 0 Å². The summed E-state index contributed by atoms with van der Waals surface area (Å²) in [6, 6.07) is 15.9. The summed E-state index contributed by atoms with van der Waals surface area (Å²) in [6.45, 7) is 3.14. The molecule has 2 rings (SSSR count). The predicted octanol–water partition coefficient (Wildman–Crippen LogP) is 6.18. The van der Waals surface area contributed by atoms with Gasteiger partial charge in [0.2, 0.25) is 0 Å². The fourth-order valence-electron chi connectivity index (χ4n) is 2.12. The van der Waals surface area contributed by atoms with Crippen LogP contribution in [0.2, 0.25) is 0 Å². The number of aromatic nitrogens is 1. The predicted molar refractivity (Wildman–Crippen MR) is 104 cm³/mol. The van der Waals surface area contributed by atoms with E-state index >= 15 is 0 Å². The molecule has 0 amide bonds. The van der Waals surface area contributed by atoms with Gasteiger partial charge in [0.1, 0.15) is 0 Å². The Morgan fingerprint density at radius 1 is 0.565 bits per heavy atom. The van der Waals surface area contributed by atoms with Crippen molar-refractivity contribution in [3.63, 3.8) is 0 Å². The number of unbranched alkanes of at least 4 members (excludes halogenated alkanes) is 8. The zero-order valence-electron chi connectivity index (χ0n) is 14.9. The molecule has 2 nitrogen and oxygen atoms in total. The molecule has 2 heteroatoms. The molecule has 0 aliphatic rings. The van der Waals surface area contributed by atoms with E-state index in [-0.39, 0.29) is 0 Å². The van der Waals surface area contributed by atoms with E-state index in [2.05, 4.69) is 11.9 Å². The second-order valence-corrected chi connectivity index (χ2v) is 5.66. The maximum Gasteiger partial charge on any atom is 0.000496 e. The van der Waals surface area contributed by atoms with Crippen molar-refractivity contribution in [2.45, 2.75) is 64.7 Å². The normalized spacial score (nSPS) is 9.30. The van der Waals surface area contributed by atoms with Crippen molar-refractivity contribution in [1.82, 2.24) is 4.98 Å². The third-order valence-electron chi connectivity index (χ3n) is 3.47. The number of hydrogen-bond acceptors (Lipinski definition) is 1. The van der Waals surface area contributed by atoms with E-state index < -0.39 is 0 Å². The number of nitrogens with two attached hydrogens (primary N) is 1. The molecule has 0 saturated carbocycles. The minimum absolute atomic E-state index is 0.871. The minimum atomic E-state index is 0.871. The number of hydrogen-bond donors (Lipinski definition) is 2. The molecule has 0 aliphatic heterocycles. The molecule has 0 aliphatic carbocycles. The Morgan fingerprint density at radius 2 is 0.957 bits per heavy atom. The van der Waals surface area contributed by atoms with Gasteiger partial charge in [-0.3, -0.25) is 0 Å². The molecule has 23 heavy (non-hydrogen) atoms. The zero-order chi connectivity index (χ0) is 16.8. The summed E-state index contributed by atoms with van der Waals surface area (Å²) in [5.41, 5.74) is 5.41. The minimum Gasteiger partial charge on any atom is -0.368 e. The Balaban J connectivity index is 0.000000359. The fourth-order valence-corrected chi connectivity index (χ4v) is 2.12. The van der Waals surface area contributed by atoms with Crippen LogP contribution in [0.3, 0.4) is 0 Å². The maximum atomic E-state index is 5.41. The summed E-state index contributed by atoms with van der Waals surface area (Å²) in [5.74, 6) is 0. The van der Waals surface area contributed by atoms with Gasteiger partial charge >= 0.3 is 0 Å². The third kappa shape index (κ3) is 20.5. The number of rotatable bonds is 9. The largest absolute Gasteiger partial charge is 0.368 e. The number of aromatic amines is 1. The molecule has 1 heterocycles. The molecule has 0 unspecified atom stereocenters. The van der Waals surface area contributed by atoms with Gasteiger partial charge < -0.3 is 10.7 Å². The van der Waals surface area contributed by atoms with E-state index in [0.717, 1.165) is 6.54 Å². The topological polar surface area (TPSA) is 41.8 Å². The van der Waals surface area contributed by atoms with Gasteiger partial charge in [0.25, 0.3) is 0 Å². The van der Waals surface area contributed by atoms with Gasteiger partial charge in [-0.25, -0.2) is 0 Å². The Hall–Kier alpha value is -1.54. The molecule has 3 N–H and O–H groups in total. The third-order valence-corrected chi connectivity index (χ3v) is 3.47. The van der Waals surface area contributed by atoms with Crippen molar-refractivity contribution in [3.05, 3.63) is 60.9 Å². The van der Waals surface area contributed by atoms with Crippen molar-refractivity contribution in [3.8, 4) is 0 Å². The van der Waals surface area contributed by atoms with Crippen LogP contribution in [0.4, 0.5) is 0 Å². The van der Waals surface area contributed by atoms with Crippen LogP contribution in [0.25, 0.3) is 0 Å². The highest BCUT2D eigenvalue weighted by molar-refractivity contribution is 4.99. The van der Waals surface area contributed by atoms with Crippen LogP contribution >= 0.6 is 0 Å². The molecule has 2 aromatic rings. The van der Waals surface area contributed by atoms with Gasteiger partial charge in [0, 0.05) is 12.4 Å². The molecule has 0 spiro atoms. The molecule has 0 radical (unpaired) electrons. The van der Waals surface area contributed by atoms with E-state index in [1.54, 1.807) is 0 Å². The van der Waals surface area contributed by atoms with E-state index in [1.807, 2.05) is 60.9 Å². The fraction of sp³-hybridized carbons (Fsp3) is 0.524. The van der Waals surface area contributed by atoms with Crippen molar-refractivity contribution in [2.24, 2.45) is 5.73 Å². The quantitative estimate of drug-likeness (QED) is 0.533. The highest BCUT2D eigenvalue weighted by Gasteiger charge is 1.90. The van der Waals surface area contributed by atoms with Gasteiger partial charge in [0.05, 0.1) is 0 Å². The number of nitrogens with one attached hydrogen (secondary N) is 1. The second kappa shape index (κ2) is 20.5. The first-order chi connectivity index (χ1) is 11.4. The summed E-state index contributed by atoms with van der Waals surface area (Å²) >= 11 is 0. The Bertz CT molecular complexity index is 316. The smallest absolute Gasteiger partial charge is 0.000496 e. The van der Waals surface area contributed by atoms with E-state index in [9.17, 15) is 0 Å². The molecule has 0 atom stereocenters. The molecule has 0 bridgehead atoms. The summed E-state index contributed by atoms with van der Waals surface area (Å²) < 4.78 is 0. The molecule has 1 aromatic heterocycles. The van der Waals surface area contributed by atoms with Crippen LogP contribution in [0.15, 0.2) is 60.9 Å². The molecular weight excluding hydrogens is 280 g/mol. The number of H-pyrrole nitrogens is 1. The van der Waals surface area contributed by atoms with Crippen LogP contribution in [-0.2, 0) is 0 Å². The first-order valence-electron chi connectivity index (χ1n) is 9.19. The van der Waals surface area contributed by atoms with Crippen molar-refractivity contribution in [1.29, 1.82) is 0 Å². The van der Waals surface area contributed by atoms with E-state index in [1.165, 1.54) is 57.8 Å². The van der Waals surface area contributed by atoms with Gasteiger partial charge in [-0.2, -0.15) is 0 Å². The Labute approximate surface area is 143 Å². The average molecular weight is 317 g/mol. The Morgan fingerprint density at radius 3 is 1.26 bits per heavy atom. The van der Waals surface area contributed by atoms with Crippen molar-refractivity contribution < 1.29 is 0 Å². The lowest BCUT2D eigenvalue weighted by Crippen LogP contribution is -1.97. The SMILES string of the molecule is CCCCCCCCCCCN.c1cc[nH]c1.c1ccccc1. The lowest BCUT2D eigenvalue weighted by Gasteiger charge is -1.99. The monoisotopic (exact) mass is 316 g/mol. The van der Waals surface area contributed by atoms with E-state index in [0.29, 0.717) is 0 Å². The average Bonchev–Trinajstić information content (AvgIpc) is 3.19. The summed E-state index contributed by atoms with van der Waals surface area (Å²) in [7, 11) is 0. The molecule has 0 fully saturated rings.